The Morgan fingerprint density at radius 2 is 0.957 bits per heavy atom. The summed E-state index contributed by atoms with van der Waals surface area (Å²) >= 11 is 0. The summed E-state index contributed by atoms with van der Waals surface area (Å²) in [5.41, 5.74) is 0. The number of nitrogens with zero attached hydrogens (tertiary/aromatic N) is 1. The van der Waals surface area contributed by atoms with Gasteiger partial charge in [0.15, 0.2) is 0 Å². The second-order valence-corrected chi connectivity index (χ2v) is 8.61. The van der Waals surface area contributed by atoms with Crippen molar-refractivity contribution in [3.05, 3.63) is 91.0 Å². The lowest BCUT2D eigenvalue weighted by molar-refractivity contribution is 0.943. The fourth-order valence-corrected chi connectivity index (χ4v) is 6.57. The van der Waals surface area contributed by atoms with Crippen LogP contribution >= 0.6 is 7.05 Å². The summed E-state index contributed by atoms with van der Waals surface area (Å²) in [5.74, 6) is 0. The van der Waals surface area contributed by atoms with Gasteiger partial charge in [-0.05, 0) is 6.42 Å². The number of rotatable bonds is 5. The third-order valence-corrected chi connectivity index (χ3v) is 7.69. The highest BCUT2D eigenvalue weighted by Crippen LogP contribution is 2.46. The standard InChI is InChI=1S/C21H22NP/c1-2-18-22-23(19-12-6-3-7-13-19,20-14-8-4-9-15-20)21-16-10-5-11-17-21/h3-17H,2,18H2,1H3. The van der Waals surface area contributed by atoms with Crippen molar-refractivity contribution in [2.75, 3.05) is 6.54 Å². The minimum absolute atomic E-state index is 0.881. The SMILES string of the molecule is CCCN=P(c1ccccc1)(c1ccccc1)c1ccccc1. The fraction of sp³-hybridized carbons (Fsp3) is 0.143. The summed E-state index contributed by atoms with van der Waals surface area (Å²) in [6.07, 6.45) is 1.06. The molecule has 0 aliphatic rings. The predicted octanol–water partition coefficient (Wildman–Crippen LogP) is 4.57. The molecule has 0 saturated heterocycles. The van der Waals surface area contributed by atoms with Gasteiger partial charge in [-0.25, -0.2) is 0 Å². The van der Waals surface area contributed by atoms with E-state index >= 15 is 0 Å². The lowest BCUT2D eigenvalue weighted by Crippen LogP contribution is -2.25. The van der Waals surface area contributed by atoms with Gasteiger partial charge in [-0.3, -0.25) is 4.74 Å². The van der Waals surface area contributed by atoms with Crippen LogP contribution in [0.4, 0.5) is 0 Å². The van der Waals surface area contributed by atoms with Crippen LogP contribution in [0.2, 0.25) is 0 Å². The zero-order chi connectivity index (χ0) is 16.0. The topological polar surface area (TPSA) is 12.4 Å². The minimum Gasteiger partial charge on any atom is -0.290 e. The first-order valence-electron chi connectivity index (χ1n) is 8.13. The van der Waals surface area contributed by atoms with Crippen LogP contribution in [-0.4, -0.2) is 6.54 Å². The molecule has 3 aromatic carbocycles. The van der Waals surface area contributed by atoms with Crippen LogP contribution in [0.25, 0.3) is 0 Å². The molecule has 0 amide bonds. The van der Waals surface area contributed by atoms with Gasteiger partial charge in [0.25, 0.3) is 0 Å². The molecule has 3 rings (SSSR count). The molecule has 0 spiro atoms. The van der Waals surface area contributed by atoms with Crippen LogP contribution in [-0.2, 0) is 0 Å². The molecular weight excluding hydrogens is 297 g/mol. The minimum atomic E-state index is -1.94. The molecule has 0 fully saturated rings. The van der Waals surface area contributed by atoms with Crippen LogP contribution in [0, 0.1) is 0 Å². The van der Waals surface area contributed by atoms with Gasteiger partial charge >= 0.3 is 0 Å². The predicted molar refractivity (Wildman–Crippen MR) is 103 cm³/mol. The summed E-state index contributed by atoms with van der Waals surface area (Å²) in [4.78, 5) is 0. The van der Waals surface area contributed by atoms with Gasteiger partial charge in [0.1, 0.15) is 0 Å². The fourth-order valence-electron chi connectivity index (χ4n) is 2.87. The summed E-state index contributed by atoms with van der Waals surface area (Å²) < 4.78 is 5.30. The first-order chi connectivity index (χ1) is 11.4. The largest absolute Gasteiger partial charge is 0.290 e. The smallest absolute Gasteiger partial charge is 0.0547 e. The zero-order valence-electron chi connectivity index (χ0n) is 13.5. The third kappa shape index (κ3) is 3.16. The molecule has 0 unspecified atom stereocenters. The molecular formula is C21H22NP. The van der Waals surface area contributed by atoms with Crippen molar-refractivity contribution in [1.29, 1.82) is 0 Å². The first-order valence-corrected chi connectivity index (χ1v) is 9.87. The summed E-state index contributed by atoms with van der Waals surface area (Å²) in [6.45, 7) is 3.08. The molecule has 0 bridgehead atoms. The Balaban J connectivity index is 2.36. The summed E-state index contributed by atoms with van der Waals surface area (Å²) in [6, 6.07) is 32.3. The average Bonchev–Trinajstić information content (AvgIpc) is 2.65. The van der Waals surface area contributed by atoms with Crippen molar-refractivity contribution >= 4 is 23.0 Å². The normalized spacial score (nSPS) is 11.2. The Kier molecular flexibility index (Phi) is 5.10. The van der Waals surface area contributed by atoms with E-state index in [1.165, 1.54) is 15.9 Å². The van der Waals surface area contributed by atoms with Gasteiger partial charge in [-0.2, -0.15) is 0 Å². The zero-order valence-corrected chi connectivity index (χ0v) is 14.4. The van der Waals surface area contributed by atoms with Crippen molar-refractivity contribution in [3.63, 3.8) is 0 Å². The summed E-state index contributed by atoms with van der Waals surface area (Å²) in [5, 5.41) is 3.97. The van der Waals surface area contributed by atoms with E-state index in [1.807, 2.05) is 0 Å². The molecule has 0 saturated carbocycles. The molecule has 2 heteroatoms. The van der Waals surface area contributed by atoms with E-state index in [0.717, 1.165) is 13.0 Å². The van der Waals surface area contributed by atoms with E-state index < -0.39 is 7.05 Å². The van der Waals surface area contributed by atoms with E-state index in [-0.39, 0.29) is 0 Å². The van der Waals surface area contributed by atoms with E-state index in [2.05, 4.69) is 97.9 Å². The maximum absolute atomic E-state index is 5.30. The highest BCUT2D eigenvalue weighted by Gasteiger charge is 2.26. The molecule has 0 N–H and O–H groups in total. The highest BCUT2D eigenvalue weighted by molar-refractivity contribution is 7.87. The first kappa shape index (κ1) is 15.8. The second kappa shape index (κ2) is 7.44. The van der Waals surface area contributed by atoms with Crippen LogP contribution in [0.15, 0.2) is 95.7 Å². The Hall–Kier alpha value is -2.11. The summed E-state index contributed by atoms with van der Waals surface area (Å²) in [7, 11) is -1.94. The maximum atomic E-state index is 5.30. The van der Waals surface area contributed by atoms with Gasteiger partial charge < -0.3 is 0 Å². The van der Waals surface area contributed by atoms with Crippen molar-refractivity contribution in [1.82, 2.24) is 0 Å². The second-order valence-electron chi connectivity index (χ2n) is 5.51. The van der Waals surface area contributed by atoms with Gasteiger partial charge in [0.2, 0.25) is 0 Å². The number of benzene rings is 3. The van der Waals surface area contributed by atoms with Crippen LogP contribution in [0.1, 0.15) is 13.3 Å². The molecule has 23 heavy (non-hydrogen) atoms. The average molecular weight is 319 g/mol. The monoisotopic (exact) mass is 319 g/mol. The van der Waals surface area contributed by atoms with Gasteiger partial charge in [-0.1, -0.05) is 97.9 Å². The molecule has 0 atom stereocenters. The highest BCUT2D eigenvalue weighted by atomic mass is 31.2. The van der Waals surface area contributed by atoms with E-state index in [1.54, 1.807) is 0 Å². The molecule has 3 aromatic rings. The van der Waals surface area contributed by atoms with Crippen LogP contribution < -0.4 is 15.9 Å². The van der Waals surface area contributed by atoms with Crippen molar-refractivity contribution in [2.45, 2.75) is 13.3 Å². The van der Waals surface area contributed by atoms with E-state index in [9.17, 15) is 0 Å². The Morgan fingerprint density at radius 1 is 0.609 bits per heavy atom. The number of hydrogen-bond donors (Lipinski definition) is 0. The lowest BCUT2D eigenvalue weighted by atomic mass is 10.4. The third-order valence-electron chi connectivity index (χ3n) is 3.93. The maximum Gasteiger partial charge on any atom is 0.0547 e. The number of hydrogen-bond acceptors (Lipinski definition) is 1. The van der Waals surface area contributed by atoms with Crippen molar-refractivity contribution in [3.8, 4) is 0 Å². The Labute approximate surface area is 139 Å². The molecule has 0 aliphatic carbocycles. The van der Waals surface area contributed by atoms with Crippen molar-refractivity contribution in [2.24, 2.45) is 4.74 Å². The van der Waals surface area contributed by atoms with Gasteiger partial charge in [0, 0.05) is 22.5 Å². The van der Waals surface area contributed by atoms with Crippen LogP contribution in [0.3, 0.4) is 0 Å². The van der Waals surface area contributed by atoms with Crippen molar-refractivity contribution < 1.29 is 0 Å². The molecule has 0 aromatic heterocycles. The quantitative estimate of drug-likeness (QED) is 0.611. The Bertz CT molecular complexity index is 676. The molecule has 0 radical (unpaired) electrons. The lowest BCUT2D eigenvalue weighted by Gasteiger charge is -2.27. The molecule has 0 heterocycles. The van der Waals surface area contributed by atoms with Gasteiger partial charge in [-0.15, -0.1) is 0 Å². The molecule has 1 nitrogen and oxygen atoms in total. The van der Waals surface area contributed by atoms with Crippen LogP contribution in [0.5, 0.6) is 0 Å². The van der Waals surface area contributed by atoms with Gasteiger partial charge in [0.05, 0.1) is 7.05 Å². The molecule has 0 aliphatic heterocycles. The molecule has 116 valence electrons. The van der Waals surface area contributed by atoms with E-state index in [4.69, 9.17) is 4.74 Å². The Morgan fingerprint density at radius 3 is 1.26 bits per heavy atom. The van der Waals surface area contributed by atoms with E-state index in [0.29, 0.717) is 0 Å².